The van der Waals surface area contributed by atoms with Gasteiger partial charge in [-0.15, -0.1) is 17.5 Å². The molecule has 1 N–H and O–H groups in total. The molecule has 4 heterocycles. The fourth-order valence-corrected chi connectivity index (χ4v) is 3.41. The summed E-state index contributed by atoms with van der Waals surface area (Å²) in [5, 5.41) is 19.6. The number of tetrazole rings is 1. The summed E-state index contributed by atoms with van der Waals surface area (Å²) in [7, 11) is 1.64. The molecule has 29 heavy (non-hydrogen) atoms. The Balaban J connectivity index is 0.00000205. The molecular weight excluding hydrogens is 394 g/mol. The number of methoxy groups -OCH3 is 1. The van der Waals surface area contributed by atoms with Crippen LogP contribution in [0.2, 0.25) is 0 Å². The van der Waals surface area contributed by atoms with E-state index in [9.17, 15) is 0 Å². The molecule has 11 heteroatoms. The summed E-state index contributed by atoms with van der Waals surface area (Å²) in [5.74, 6) is 1.48. The summed E-state index contributed by atoms with van der Waals surface area (Å²) in [6.07, 6.45) is 6.30. The topological polar surface area (TPSA) is 101 Å². The molecule has 0 unspecified atom stereocenters. The highest BCUT2D eigenvalue weighted by molar-refractivity contribution is 5.85. The summed E-state index contributed by atoms with van der Waals surface area (Å²) in [5.41, 5.74) is 3.69. The lowest BCUT2D eigenvalue weighted by Gasteiger charge is -2.11. The van der Waals surface area contributed by atoms with Crippen molar-refractivity contribution < 1.29 is 4.74 Å². The first kappa shape index (κ1) is 19.1. The molecule has 0 aliphatic carbocycles. The predicted octanol–water partition coefficient (Wildman–Crippen LogP) is 1.64. The van der Waals surface area contributed by atoms with Crippen LogP contribution in [0.5, 0.6) is 5.75 Å². The van der Waals surface area contributed by atoms with E-state index >= 15 is 0 Å². The minimum atomic E-state index is 0. The van der Waals surface area contributed by atoms with Crippen molar-refractivity contribution in [3.8, 4) is 28.6 Å². The smallest absolute Gasteiger partial charge is 0.165 e. The van der Waals surface area contributed by atoms with Crippen molar-refractivity contribution in [1.82, 2.24) is 44.9 Å². The molecule has 5 rings (SSSR count). The fraction of sp³-hybridized carbons (Fsp3) is 0.278. The molecule has 4 aromatic rings. The van der Waals surface area contributed by atoms with Crippen molar-refractivity contribution in [2.75, 3.05) is 13.7 Å². The van der Waals surface area contributed by atoms with Crippen molar-refractivity contribution in [1.29, 1.82) is 0 Å². The van der Waals surface area contributed by atoms with Crippen molar-refractivity contribution in [3.63, 3.8) is 0 Å². The first-order valence-electron chi connectivity index (χ1n) is 9.06. The molecule has 0 spiro atoms. The summed E-state index contributed by atoms with van der Waals surface area (Å²) in [4.78, 5) is 4.56. The SMILES string of the molecule is COc1cc(-n2cnnn2)cc(-n2ccnc2-c2cc3n(n2)CCCNC3)c1.Cl. The van der Waals surface area contributed by atoms with Gasteiger partial charge in [0, 0.05) is 37.6 Å². The Morgan fingerprint density at radius 2 is 2.03 bits per heavy atom. The number of hydrogen-bond acceptors (Lipinski definition) is 7. The Bertz CT molecular complexity index is 1080. The number of imidazole rings is 1. The number of ether oxygens (including phenoxy) is 1. The van der Waals surface area contributed by atoms with E-state index in [-0.39, 0.29) is 12.4 Å². The number of aryl methyl sites for hydroxylation is 1. The lowest BCUT2D eigenvalue weighted by Crippen LogP contribution is -2.11. The Morgan fingerprint density at radius 1 is 1.14 bits per heavy atom. The van der Waals surface area contributed by atoms with Crippen LogP contribution in [-0.4, -0.2) is 53.2 Å². The highest BCUT2D eigenvalue weighted by Crippen LogP contribution is 2.27. The number of benzene rings is 1. The molecule has 3 aromatic heterocycles. The Hall–Kier alpha value is -3.24. The molecule has 0 radical (unpaired) electrons. The van der Waals surface area contributed by atoms with E-state index in [1.165, 1.54) is 5.69 Å². The first-order chi connectivity index (χ1) is 13.8. The summed E-state index contributed by atoms with van der Waals surface area (Å²) in [6.45, 7) is 2.74. The van der Waals surface area contributed by atoms with Crippen LogP contribution in [0.4, 0.5) is 0 Å². The van der Waals surface area contributed by atoms with Crippen LogP contribution >= 0.6 is 12.4 Å². The third-order valence-corrected chi connectivity index (χ3v) is 4.77. The number of aromatic nitrogens is 8. The zero-order valence-corrected chi connectivity index (χ0v) is 16.6. The van der Waals surface area contributed by atoms with E-state index in [1.807, 2.05) is 29.0 Å². The van der Waals surface area contributed by atoms with Gasteiger partial charge in [-0.25, -0.2) is 9.67 Å². The number of hydrogen-bond donors (Lipinski definition) is 1. The molecular formula is C18H20ClN9O. The summed E-state index contributed by atoms with van der Waals surface area (Å²) >= 11 is 0. The molecule has 0 amide bonds. The van der Waals surface area contributed by atoms with Crippen molar-refractivity contribution in [2.45, 2.75) is 19.5 Å². The molecule has 0 bridgehead atoms. The molecule has 1 aliphatic rings. The molecule has 10 nitrogen and oxygen atoms in total. The third-order valence-electron chi connectivity index (χ3n) is 4.77. The van der Waals surface area contributed by atoms with Crippen LogP contribution in [-0.2, 0) is 13.1 Å². The average Bonchev–Trinajstić information content (AvgIpc) is 3.46. The second kappa shape index (κ2) is 8.02. The average molecular weight is 414 g/mol. The molecule has 1 aromatic carbocycles. The summed E-state index contributed by atoms with van der Waals surface area (Å²) in [6, 6.07) is 7.90. The lowest BCUT2D eigenvalue weighted by atomic mass is 10.2. The van der Waals surface area contributed by atoms with E-state index in [4.69, 9.17) is 9.84 Å². The van der Waals surface area contributed by atoms with E-state index in [0.717, 1.165) is 48.9 Å². The third kappa shape index (κ3) is 3.59. The van der Waals surface area contributed by atoms with Crippen LogP contribution < -0.4 is 10.1 Å². The minimum Gasteiger partial charge on any atom is -0.497 e. The van der Waals surface area contributed by atoms with E-state index in [1.54, 1.807) is 24.3 Å². The van der Waals surface area contributed by atoms with Crippen LogP contribution in [0, 0.1) is 0 Å². The van der Waals surface area contributed by atoms with Gasteiger partial charge in [-0.3, -0.25) is 9.25 Å². The van der Waals surface area contributed by atoms with Gasteiger partial charge in [0.2, 0.25) is 0 Å². The van der Waals surface area contributed by atoms with Gasteiger partial charge in [-0.1, -0.05) is 0 Å². The lowest BCUT2D eigenvalue weighted by molar-refractivity contribution is 0.414. The number of nitrogens with zero attached hydrogens (tertiary/aromatic N) is 8. The normalized spacial score (nSPS) is 13.4. The van der Waals surface area contributed by atoms with E-state index < -0.39 is 0 Å². The number of nitrogens with one attached hydrogen (secondary N) is 1. The van der Waals surface area contributed by atoms with Crippen molar-refractivity contribution >= 4 is 12.4 Å². The molecule has 0 fully saturated rings. The number of halogens is 1. The van der Waals surface area contributed by atoms with Crippen LogP contribution in [0.15, 0.2) is 43.0 Å². The zero-order chi connectivity index (χ0) is 18.9. The number of rotatable bonds is 4. The maximum absolute atomic E-state index is 5.47. The molecule has 0 saturated heterocycles. The molecule has 0 atom stereocenters. The van der Waals surface area contributed by atoms with E-state index in [0.29, 0.717) is 5.75 Å². The highest BCUT2D eigenvalue weighted by atomic mass is 35.5. The second-order valence-electron chi connectivity index (χ2n) is 6.54. The van der Waals surface area contributed by atoms with Crippen molar-refractivity contribution in [2.24, 2.45) is 0 Å². The maximum atomic E-state index is 5.47. The van der Waals surface area contributed by atoms with Gasteiger partial charge in [-0.05, 0) is 35.5 Å². The summed E-state index contributed by atoms with van der Waals surface area (Å²) < 4.78 is 11.1. The van der Waals surface area contributed by atoms with Crippen LogP contribution in [0.25, 0.3) is 22.9 Å². The molecule has 0 saturated carbocycles. The quantitative estimate of drug-likeness (QED) is 0.542. The monoisotopic (exact) mass is 413 g/mol. The van der Waals surface area contributed by atoms with Gasteiger partial charge >= 0.3 is 0 Å². The maximum Gasteiger partial charge on any atom is 0.165 e. The fourth-order valence-electron chi connectivity index (χ4n) is 3.41. The van der Waals surface area contributed by atoms with Gasteiger partial charge in [0.15, 0.2) is 5.82 Å². The van der Waals surface area contributed by atoms with Gasteiger partial charge < -0.3 is 10.1 Å². The van der Waals surface area contributed by atoms with E-state index in [2.05, 4.69) is 36.6 Å². The Labute approximate surface area is 172 Å². The van der Waals surface area contributed by atoms with Gasteiger partial charge in [0.05, 0.1) is 24.2 Å². The zero-order valence-electron chi connectivity index (χ0n) is 15.8. The Morgan fingerprint density at radius 3 is 2.86 bits per heavy atom. The highest BCUT2D eigenvalue weighted by Gasteiger charge is 2.17. The Kier molecular flexibility index (Phi) is 5.28. The largest absolute Gasteiger partial charge is 0.497 e. The molecule has 150 valence electrons. The minimum absolute atomic E-state index is 0. The van der Waals surface area contributed by atoms with Crippen molar-refractivity contribution in [3.05, 3.63) is 48.7 Å². The molecule has 1 aliphatic heterocycles. The van der Waals surface area contributed by atoms with Crippen LogP contribution in [0.3, 0.4) is 0 Å². The van der Waals surface area contributed by atoms with Crippen LogP contribution in [0.1, 0.15) is 12.1 Å². The van der Waals surface area contributed by atoms with Gasteiger partial charge in [0.25, 0.3) is 0 Å². The predicted molar refractivity (Wildman–Crippen MR) is 108 cm³/mol. The second-order valence-corrected chi connectivity index (χ2v) is 6.54. The standard InChI is InChI=1S/C18H19N9O.ClH/c1-28-16-8-13(7-14(9-16)27-12-21-23-24-27)25-6-4-20-18(25)17-10-15-11-19-3-2-5-26(15)22-17;/h4,6-10,12,19H,2-3,5,11H2,1H3;1H. The van der Waals surface area contributed by atoms with Gasteiger partial charge in [0.1, 0.15) is 17.8 Å². The van der Waals surface area contributed by atoms with Gasteiger partial charge in [-0.2, -0.15) is 5.10 Å². The number of fused-ring (bicyclic) bond motifs is 1. The first-order valence-corrected chi connectivity index (χ1v) is 9.06.